The number of esters is 1. The van der Waals surface area contributed by atoms with Crippen LogP contribution in [0.25, 0.3) is 0 Å². The highest BCUT2D eigenvalue weighted by atomic mass is 32.2. The minimum atomic E-state index is -3.81. The van der Waals surface area contributed by atoms with Crippen LogP contribution >= 0.6 is 0 Å². The SMILES string of the molecule is COC(=O)c1ccc(OC)c(CN2CCCN(Cc3ccccc3F)S2(=O)=O)c1. The standard InChI is InChI=1S/C20H23FN2O5S/c1-27-19-9-8-15(20(24)28-2)12-17(19)14-23-11-5-10-22(29(23,25)26)13-16-6-3-4-7-18(16)21/h3-4,6-9,12H,5,10-11,13-14H2,1-2H3. The second kappa shape index (κ2) is 8.89. The van der Waals surface area contributed by atoms with Crippen molar-refractivity contribution in [3.05, 3.63) is 65.0 Å². The number of hydrogen-bond acceptors (Lipinski definition) is 5. The number of carbonyl (C=O) groups is 1. The van der Waals surface area contributed by atoms with E-state index in [0.29, 0.717) is 42.0 Å². The Bertz CT molecular complexity index is 996. The zero-order valence-corrected chi connectivity index (χ0v) is 17.1. The maximum atomic E-state index is 14.0. The second-order valence-electron chi connectivity index (χ2n) is 6.64. The number of nitrogens with zero attached hydrogens (tertiary/aromatic N) is 2. The van der Waals surface area contributed by atoms with Crippen molar-refractivity contribution in [1.82, 2.24) is 8.61 Å². The summed E-state index contributed by atoms with van der Waals surface area (Å²) in [5.41, 5.74) is 1.18. The molecule has 7 nitrogen and oxygen atoms in total. The predicted octanol–water partition coefficient (Wildman–Crippen LogP) is 2.57. The first-order valence-corrected chi connectivity index (χ1v) is 10.5. The molecule has 1 saturated heterocycles. The van der Waals surface area contributed by atoms with E-state index in [0.717, 1.165) is 0 Å². The molecule has 0 atom stereocenters. The van der Waals surface area contributed by atoms with Crippen LogP contribution in [0.4, 0.5) is 4.39 Å². The number of ether oxygens (including phenoxy) is 2. The summed E-state index contributed by atoms with van der Waals surface area (Å²) in [4.78, 5) is 11.8. The van der Waals surface area contributed by atoms with E-state index in [9.17, 15) is 17.6 Å². The molecule has 0 spiro atoms. The molecule has 0 aliphatic carbocycles. The van der Waals surface area contributed by atoms with Gasteiger partial charge < -0.3 is 9.47 Å². The van der Waals surface area contributed by atoms with Gasteiger partial charge in [0.2, 0.25) is 0 Å². The fourth-order valence-corrected chi connectivity index (χ4v) is 4.94. The van der Waals surface area contributed by atoms with E-state index in [-0.39, 0.29) is 13.1 Å². The van der Waals surface area contributed by atoms with Crippen LogP contribution in [0.15, 0.2) is 42.5 Å². The van der Waals surface area contributed by atoms with Crippen molar-refractivity contribution in [2.24, 2.45) is 0 Å². The van der Waals surface area contributed by atoms with Gasteiger partial charge in [-0.25, -0.2) is 9.18 Å². The van der Waals surface area contributed by atoms with Crippen LogP contribution in [-0.2, 0) is 28.0 Å². The normalized spacial score (nSPS) is 17.1. The van der Waals surface area contributed by atoms with Gasteiger partial charge in [0.15, 0.2) is 0 Å². The van der Waals surface area contributed by atoms with Gasteiger partial charge in [-0.3, -0.25) is 0 Å². The molecule has 0 aromatic heterocycles. The Balaban J connectivity index is 1.86. The Kier molecular flexibility index (Phi) is 6.51. The van der Waals surface area contributed by atoms with Gasteiger partial charge in [-0.05, 0) is 30.7 Å². The number of benzene rings is 2. The van der Waals surface area contributed by atoms with E-state index in [2.05, 4.69) is 0 Å². The van der Waals surface area contributed by atoms with Gasteiger partial charge in [0.25, 0.3) is 10.2 Å². The Morgan fingerprint density at radius 3 is 2.31 bits per heavy atom. The van der Waals surface area contributed by atoms with Gasteiger partial charge in [0.1, 0.15) is 11.6 Å². The minimum absolute atomic E-state index is 0.0319. The van der Waals surface area contributed by atoms with Crippen molar-refractivity contribution in [3.63, 3.8) is 0 Å². The lowest BCUT2D eigenvalue weighted by Gasteiger charge is -2.35. The lowest BCUT2D eigenvalue weighted by molar-refractivity contribution is 0.0600. The third-order valence-electron chi connectivity index (χ3n) is 4.82. The molecule has 9 heteroatoms. The average Bonchev–Trinajstić information content (AvgIpc) is 2.72. The van der Waals surface area contributed by atoms with Gasteiger partial charge in [0.05, 0.1) is 19.8 Å². The van der Waals surface area contributed by atoms with Crippen LogP contribution in [0.5, 0.6) is 5.75 Å². The summed E-state index contributed by atoms with van der Waals surface area (Å²) >= 11 is 0. The van der Waals surface area contributed by atoms with E-state index in [4.69, 9.17) is 9.47 Å². The molecule has 0 amide bonds. The maximum Gasteiger partial charge on any atom is 0.337 e. The van der Waals surface area contributed by atoms with E-state index >= 15 is 0 Å². The largest absolute Gasteiger partial charge is 0.496 e. The second-order valence-corrected chi connectivity index (χ2v) is 8.57. The van der Waals surface area contributed by atoms with Crippen LogP contribution in [0.2, 0.25) is 0 Å². The summed E-state index contributed by atoms with van der Waals surface area (Å²) in [5, 5.41) is 0. The summed E-state index contributed by atoms with van der Waals surface area (Å²) in [7, 11) is -1.06. The highest BCUT2D eigenvalue weighted by Gasteiger charge is 2.34. The Hall–Kier alpha value is -2.49. The van der Waals surface area contributed by atoms with Gasteiger partial charge in [-0.2, -0.15) is 17.0 Å². The van der Waals surface area contributed by atoms with Gasteiger partial charge in [-0.15, -0.1) is 0 Å². The quantitative estimate of drug-likeness (QED) is 0.669. The molecule has 0 saturated carbocycles. The first-order chi connectivity index (χ1) is 13.9. The summed E-state index contributed by atoms with van der Waals surface area (Å²) in [6.07, 6.45) is 0.604. The number of carbonyl (C=O) groups excluding carboxylic acids is 1. The molecule has 2 aromatic carbocycles. The molecule has 1 aliphatic heterocycles. The van der Waals surface area contributed by atoms with Gasteiger partial charge >= 0.3 is 5.97 Å². The molecule has 0 unspecified atom stereocenters. The summed E-state index contributed by atoms with van der Waals surface area (Å²) < 4.78 is 52.9. The molecule has 0 radical (unpaired) electrons. The molecule has 0 N–H and O–H groups in total. The number of rotatable bonds is 6. The summed E-state index contributed by atoms with van der Waals surface area (Å²) in [6.45, 7) is 0.628. The highest BCUT2D eigenvalue weighted by Crippen LogP contribution is 2.27. The van der Waals surface area contributed by atoms with Crippen LogP contribution in [0, 0.1) is 5.82 Å². The van der Waals surface area contributed by atoms with E-state index in [1.54, 1.807) is 36.4 Å². The molecule has 156 valence electrons. The highest BCUT2D eigenvalue weighted by molar-refractivity contribution is 7.86. The number of methoxy groups -OCH3 is 2. The van der Waals surface area contributed by atoms with Crippen molar-refractivity contribution in [1.29, 1.82) is 0 Å². The van der Waals surface area contributed by atoms with Crippen molar-refractivity contribution < 1.29 is 27.1 Å². The molecular weight excluding hydrogens is 399 g/mol. The summed E-state index contributed by atoms with van der Waals surface area (Å²) in [6, 6.07) is 10.9. The topological polar surface area (TPSA) is 76.2 Å². The van der Waals surface area contributed by atoms with Crippen LogP contribution in [-0.4, -0.2) is 50.3 Å². The van der Waals surface area contributed by atoms with Gasteiger partial charge in [0, 0.05) is 37.3 Å². The van der Waals surface area contributed by atoms with Crippen molar-refractivity contribution in [2.75, 3.05) is 27.3 Å². The number of halogens is 1. The fraction of sp³-hybridized carbons (Fsp3) is 0.350. The Labute approximate surface area is 169 Å². The zero-order valence-electron chi connectivity index (χ0n) is 16.3. The molecule has 0 bridgehead atoms. The smallest absolute Gasteiger partial charge is 0.337 e. The lowest BCUT2D eigenvalue weighted by atomic mass is 10.1. The van der Waals surface area contributed by atoms with Gasteiger partial charge in [-0.1, -0.05) is 18.2 Å². The maximum absolute atomic E-state index is 14.0. The monoisotopic (exact) mass is 422 g/mol. The van der Waals surface area contributed by atoms with Crippen molar-refractivity contribution >= 4 is 16.2 Å². The third kappa shape index (κ3) is 4.58. The van der Waals surface area contributed by atoms with Crippen molar-refractivity contribution in [3.8, 4) is 5.75 Å². The minimum Gasteiger partial charge on any atom is -0.496 e. The molecule has 1 heterocycles. The summed E-state index contributed by atoms with van der Waals surface area (Å²) in [5.74, 6) is -0.483. The molecule has 1 aliphatic rings. The average molecular weight is 422 g/mol. The van der Waals surface area contributed by atoms with E-state index in [1.165, 1.54) is 28.9 Å². The Morgan fingerprint density at radius 2 is 1.69 bits per heavy atom. The molecule has 2 aromatic rings. The molecule has 3 rings (SSSR count). The van der Waals surface area contributed by atoms with Crippen LogP contribution in [0.3, 0.4) is 0 Å². The molecular formula is C20H23FN2O5S. The molecule has 29 heavy (non-hydrogen) atoms. The van der Waals surface area contributed by atoms with Crippen LogP contribution < -0.4 is 4.74 Å². The lowest BCUT2D eigenvalue weighted by Crippen LogP contribution is -2.48. The van der Waals surface area contributed by atoms with Crippen LogP contribution in [0.1, 0.15) is 27.9 Å². The zero-order chi connectivity index (χ0) is 21.0. The molecule has 1 fully saturated rings. The predicted molar refractivity (Wildman–Crippen MR) is 105 cm³/mol. The first kappa shape index (κ1) is 21.2. The Morgan fingerprint density at radius 1 is 1.03 bits per heavy atom. The third-order valence-corrected chi connectivity index (χ3v) is 6.75. The van der Waals surface area contributed by atoms with Crippen molar-refractivity contribution in [2.45, 2.75) is 19.5 Å². The first-order valence-electron chi connectivity index (χ1n) is 9.10. The number of hydrogen-bond donors (Lipinski definition) is 0. The van der Waals surface area contributed by atoms with E-state index in [1.807, 2.05) is 0 Å². The fourth-order valence-electron chi connectivity index (χ4n) is 3.29. The van der Waals surface area contributed by atoms with E-state index < -0.39 is 22.0 Å².